The van der Waals surface area contributed by atoms with Crippen molar-refractivity contribution in [1.29, 1.82) is 0 Å². The summed E-state index contributed by atoms with van der Waals surface area (Å²) in [6, 6.07) is 6.25. The molecule has 0 atom stereocenters. The standard InChI is InChI=1S/C21H32N2O3/c1-3-25-19-11-10-17(16-20(19)26-4-2)21(24)23-14-12-22(13-15-23)18-8-6-5-7-9-18/h10-11,16,18H,3-9,12-15H2,1-2H3. The van der Waals surface area contributed by atoms with Gasteiger partial charge in [-0.1, -0.05) is 19.3 Å². The summed E-state index contributed by atoms with van der Waals surface area (Å²) in [6.07, 6.45) is 6.75. The quantitative estimate of drug-likeness (QED) is 0.778. The van der Waals surface area contributed by atoms with E-state index in [1.165, 1.54) is 32.1 Å². The third-order valence-electron chi connectivity index (χ3n) is 5.48. The smallest absolute Gasteiger partial charge is 0.254 e. The van der Waals surface area contributed by atoms with Crippen LogP contribution in [0.15, 0.2) is 18.2 Å². The van der Waals surface area contributed by atoms with E-state index in [0.717, 1.165) is 32.2 Å². The van der Waals surface area contributed by atoms with E-state index in [1.807, 2.05) is 36.9 Å². The first kappa shape index (κ1) is 19.0. The number of amides is 1. The molecule has 1 saturated carbocycles. The molecular formula is C21H32N2O3. The highest BCUT2D eigenvalue weighted by molar-refractivity contribution is 5.95. The van der Waals surface area contributed by atoms with E-state index in [4.69, 9.17) is 9.47 Å². The second-order valence-electron chi connectivity index (χ2n) is 7.15. The average Bonchev–Trinajstić information content (AvgIpc) is 2.70. The Morgan fingerprint density at radius 2 is 1.62 bits per heavy atom. The largest absolute Gasteiger partial charge is 0.490 e. The SMILES string of the molecule is CCOc1ccc(C(=O)N2CCN(C3CCCCC3)CC2)cc1OCC. The Kier molecular flexibility index (Phi) is 6.78. The lowest BCUT2D eigenvalue weighted by Gasteiger charge is -2.40. The summed E-state index contributed by atoms with van der Waals surface area (Å²) in [6.45, 7) is 8.63. The zero-order valence-electron chi connectivity index (χ0n) is 16.2. The molecule has 144 valence electrons. The summed E-state index contributed by atoms with van der Waals surface area (Å²) in [5, 5.41) is 0. The molecule has 5 nitrogen and oxygen atoms in total. The Labute approximate surface area is 157 Å². The zero-order valence-corrected chi connectivity index (χ0v) is 16.2. The van der Waals surface area contributed by atoms with E-state index in [0.29, 0.717) is 30.3 Å². The number of hydrogen-bond acceptors (Lipinski definition) is 4. The molecule has 2 fully saturated rings. The molecule has 1 aliphatic heterocycles. The van der Waals surface area contributed by atoms with Crippen molar-refractivity contribution in [3.05, 3.63) is 23.8 Å². The maximum absolute atomic E-state index is 12.9. The van der Waals surface area contributed by atoms with Crippen LogP contribution < -0.4 is 9.47 Å². The van der Waals surface area contributed by atoms with Crippen LogP contribution >= 0.6 is 0 Å². The predicted molar refractivity (Wildman–Crippen MR) is 103 cm³/mol. The molecule has 1 aliphatic carbocycles. The first-order valence-electron chi connectivity index (χ1n) is 10.2. The molecule has 3 rings (SSSR count). The van der Waals surface area contributed by atoms with Crippen molar-refractivity contribution in [3.63, 3.8) is 0 Å². The van der Waals surface area contributed by atoms with Crippen LogP contribution in [-0.2, 0) is 0 Å². The van der Waals surface area contributed by atoms with Gasteiger partial charge in [-0.2, -0.15) is 0 Å². The Hall–Kier alpha value is -1.75. The van der Waals surface area contributed by atoms with Crippen molar-refractivity contribution >= 4 is 5.91 Å². The van der Waals surface area contributed by atoms with Gasteiger partial charge in [0.15, 0.2) is 11.5 Å². The van der Waals surface area contributed by atoms with Gasteiger partial charge in [-0.25, -0.2) is 0 Å². The number of rotatable bonds is 6. The summed E-state index contributed by atoms with van der Waals surface area (Å²) >= 11 is 0. The van der Waals surface area contributed by atoms with E-state index < -0.39 is 0 Å². The van der Waals surface area contributed by atoms with Gasteiger partial charge >= 0.3 is 0 Å². The lowest BCUT2D eigenvalue weighted by molar-refractivity contribution is 0.0523. The Morgan fingerprint density at radius 1 is 0.962 bits per heavy atom. The number of nitrogens with zero attached hydrogens (tertiary/aromatic N) is 2. The summed E-state index contributed by atoms with van der Waals surface area (Å²) in [5.41, 5.74) is 0.683. The monoisotopic (exact) mass is 360 g/mol. The summed E-state index contributed by atoms with van der Waals surface area (Å²) in [5.74, 6) is 1.45. The molecule has 1 aromatic carbocycles. The van der Waals surface area contributed by atoms with Gasteiger partial charge in [0.2, 0.25) is 0 Å². The number of ether oxygens (including phenoxy) is 2. The van der Waals surface area contributed by atoms with E-state index in [-0.39, 0.29) is 5.91 Å². The number of piperazine rings is 1. The molecule has 5 heteroatoms. The van der Waals surface area contributed by atoms with Gasteiger partial charge in [0.1, 0.15) is 0 Å². The van der Waals surface area contributed by atoms with Crippen LogP contribution in [0.3, 0.4) is 0 Å². The van der Waals surface area contributed by atoms with Crippen LogP contribution in [0.4, 0.5) is 0 Å². The zero-order chi connectivity index (χ0) is 18.4. The molecule has 2 aliphatic rings. The Balaban J connectivity index is 1.61. The van der Waals surface area contributed by atoms with Crippen molar-refractivity contribution in [2.75, 3.05) is 39.4 Å². The van der Waals surface area contributed by atoms with Crippen molar-refractivity contribution in [2.45, 2.75) is 52.0 Å². The normalized spacial score (nSPS) is 19.4. The fourth-order valence-electron chi connectivity index (χ4n) is 4.10. The number of carbonyl (C=O) groups excluding carboxylic acids is 1. The lowest BCUT2D eigenvalue weighted by atomic mass is 9.94. The molecule has 0 bridgehead atoms. The molecule has 1 amide bonds. The summed E-state index contributed by atoms with van der Waals surface area (Å²) < 4.78 is 11.3. The minimum absolute atomic E-state index is 0.0947. The fraction of sp³-hybridized carbons (Fsp3) is 0.667. The molecule has 1 saturated heterocycles. The summed E-state index contributed by atoms with van der Waals surface area (Å²) in [4.78, 5) is 17.5. The van der Waals surface area contributed by atoms with Gasteiger partial charge in [-0.05, 0) is 44.9 Å². The van der Waals surface area contributed by atoms with Crippen LogP contribution in [0.2, 0.25) is 0 Å². The molecule has 26 heavy (non-hydrogen) atoms. The molecule has 0 N–H and O–H groups in total. The van der Waals surface area contributed by atoms with Crippen LogP contribution in [0.5, 0.6) is 11.5 Å². The van der Waals surface area contributed by atoms with E-state index >= 15 is 0 Å². The van der Waals surface area contributed by atoms with Crippen molar-refractivity contribution in [1.82, 2.24) is 9.80 Å². The minimum Gasteiger partial charge on any atom is -0.490 e. The average molecular weight is 360 g/mol. The van der Waals surface area contributed by atoms with Gasteiger partial charge in [0, 0.05) is 37.8 Å². The molecular weight excluding hydrogens is 328 g/mol. The lowest BCUT2D eigenvalue weighted by Crippen LogP contribution is -2.52. The second-order valence-corrected chi connectivity index (χ2v) is 7.15. The van der Waals surface area contributed by atoms with Gasteiger partial charge in [0.25, 0.3) is 5.91 Å². The van der Waals surface area contributed by atoms with Crippen molar-refractivity contribution in [2.24, 2.45) is 0 Å². The van der Waals surface area contributed by atoms with Crippen LogP contribution in [-0.4, -0.2) is 61.1 Å². The van der Waals surface area contributed by atoms with Crippen LogP contribution in [0.25, 0.3) is 0 Å². The van der Waals surface area contributed by atoms with Crippen LogP contribution in [0, 0.1) is 0 Å². The van der Waals surface area contributed by atoms with E-state index in [9.17, 15) is 4.79 Å². The minimum atomic E-state index is 0.0947. The first-order chi connectivity index (χ1) is 12.7. The highest BCUT2D eigenvalue weighted by Crippen LogP contribution is 2.29. The van der Waals surface area contributed by atoms with Gasteiger partial charge in [-0.15, -0.1) is 0 Å². The molecule has 1 aromatic rings. The maximum Gasteiger partial charge on any atom is 0.254 e. The van der Waals surface area contributed by atoms with Gasteiger partial charge in [0.05, 0.1) is 13.2 Å². The van der Waals surface area contributed by atoms with Gasteiger partial charge < -0.3 is 14.4 Å². The topological polar surface area (TPSA) is 42.0 Å². The first-order valence-corrected chi connectivity index (χ1v) is 10.2. The summed E-state index contributed by atoms with van der Waals surface area (Å²) in [7, 11) is 0. The second kappa shape index (κ2) is 9.26. The third kappa shape index (κ3) is 4.50. The third-order valence-corrected chi connectivity index (χ3v) is 5.48. The molecule has 0 spiro atoms. The van der Waals surface area contributed by atoms with E-state index in [1.54, 1.807) is 0 Å². The number of hydrogen-bond donors (Lipinski definition) is 0. The number of benzene rings is 1. The molecule has 0 unspecified atom stereocenters. The fourth-order valence-corrected chi connectivity index (χ4v) is 4.10. The maximum atomic E-state index is 12.9. The molecule has 0 aromatic heterocycles. The molecule has 1 heterocycles. The predicted octanol–water partition coefficient (Wildman–Crippen LogP) is 3.57. The highest BCUT2D eigenvalue weighted by Gasteiger charge is 2.27. The van der Waals surface area contributed by atoms with E-state index in [2.05, 4.69) is 4.90 Å². The molecule has 0 radical (unpaired) electrons. The Morgan fingerprint density at radius 3 is 2.27 bits per heavy atom. The van der Waals surface area contributed by atoms with Crippen LogP contribution in [0.1, 0.15) is 56.3 Å². The number of carbonyl (C=O) groups is 1. The van der Waals surface area contributed by atoms with Crippen molar-refractivity contribution in [3.8, 4) is 11.5 Å². The highest BCUT2D eigenvalue weighted by atomic mass is 16.5. The Bertz CT molecular complexity index is 591. The van der Waals surface area contributed by atoms with Gasteiger partial charge in [-0.3, -0.25) is 9.69 Å². The van der Waals surface area contributed by atoms with Crippen molar-refractivity contribution < 1.29 is 14.3 Å².